The molecule has 0 aliphatic carbocycles. The van der Waals surface area contributed by atoms with Crippen LogP contribution in [0.3, 0.4) is 0 Å². The van der Waals surface area contributed by atoms with Crippen LogP contribution in [0.25, 0.3) is 0 Å². The summed E-state index contributed by atoms with van der Waals surface area (Å²) >= 11 is 13.3. The number of aliphatic imine (C=N–C) groups is 1. The standard InChI is InChI=1S/C18H21Cl2N3O5S2/c1-18(2,3)28-17(25)21-7-15(24)22-16-23(10-4-5-11(19)12(20)6-10)13-8-30(26,27)9-14(13)29-16/h4-6,13-14H,7-9H2,1-3H3,(H,21,25). The SMILES string of the molecule is CC(C)(C)OC(=O)NCC(=O)N=C1SC2CS(=O)(=O)CC2N1c1ccc(Cl)c(Cl)c1. The Kier molecular flexibility index (Phi) is 6.62. The third-order valence-electron chi connectivity index (χ3n) is 4.25. The summed E-state index contributed by atoms with van der Waals surface area (Å²) in [5, 5.41) is 3.14. The number of rotatable bonds is 3. The van der Waals surface area contributed by atoms with Gasteiger partial charge in [0.1, 0.15) is 12.1 Å². The van der Waals surface area contributed by atoms with Gasteiger partial charge in [0, 0.05) is 10.9 Å². The average molecular weight is 494 g/mol. The number of ether oxygens (including phenoxy) is 1. The van der Waals surface area contributed by atoms with Crippen molar-refractivity contribution in [2.75, 3.05) is 23.0 Å². The Labute approximate surface area is 189 Å². The van der Waals surface area contributed by atoms with E-state index in [0.29, 0.717) is 20.9 Å². The number of hydrogen-bond donors (Lipinski definition) is 1. The van der Waals surface area contributed by atoms with Crippen molar-refractivity contribution >= 4 is 67.7 Å². The number of alkyl carbamates (subject to hydrolysis) is 1. The van der Waals surface area contributed by atoms with E-state index in [0.717, 1.165) is 0 Å². The van der Waals surface area contributed by atoms with Gasteiger partial charge in [-0.1, -0.05) is 35.0 Å². The highest BCUT2D eigenvalue weighted by Crippen LogP contribution is 2.42. The Hall–Kier alpha value is -1.49. The molecule has 164 valence electrons. The maximum absolute atomic E-state index is 12.4. The first kappa shape index (κ1) is 23.2. The highest BCUT2D eigenvalue weighted by atomic mass is 35.5. The van der Waals surface area contributed by atoms with Crippen LogP contribution in [0.2, 0.25) is 10.0 Å². The Morgan fingerprint density at radius 2 is 1.97 bits per heavy atom. The third kappa shape index (κ3) is 5.60. The van der Waals surface area contributed by atoms with Crippen LogP contribution in [0.5, 0.6) is 0 Å². The number of carbonyl (C=O) groups is 2. The molecular formula is C18H21Cl2N3O5S2. The molecule has 0 bridgehead atoms. The molecule has 0 aromatic heterocycles. The van der Waals surface area contributed by atoms with E-state index in [9.17, 15) is 18.0 Å². The van der Waals surface area contributed by atoms with Crippen molar-refractivity contribution in [2.45, 2.75) is 37.7 Å². The first-order valence-electron chi connectivity index (χ1n) is 9.04. The number of halogens is 2. The van der Waals surface area contributed by atoms with Gasteiger partial charge in [0.05, 0.1) is 27.6 Å². The number of fused-ring (bicyclic) bond motifs is 1. The van der Waals surface area contributed by atoms with Crippen molar-refractivity contribution in [3.05, 3.63) is 28.2 Å². The smallest absolute Gasteiger partial charge is 0.408 e. The number of sulfone groups is 1. The first-order chi connectivity index (χ1) is 13.8. The molecule has 2 amide bonds. The van der Waals surface area contributed by atoms with Gasteiger partial charge in [0.25, 0.3) is 5.91 Å². The van der Waals surface area contributed by atoms with E-state index in [1.165, 1.54) is 11.8 Å². The molecule has 2 atom stereocenters. The number of hydrogen-bond acceptors (Lipinski definition) is 6. The average Bonchev–Trinajstić information content (AvgIpc) is 3.05. The zero-order chi connectivity index (χ0) is 22.3. The van der Waals surface area contributed by atoms with Gasteiger partial charge in [-0.25, -0.2) is 13.2 Å². The molecule has 2 aliphatic rings. The summed E-state index contributed by atoms with van der Waals surface area (Å²) in [5.41, 5.74) is -0.0957. The zero-order valence-electron chi connectivity index (χ0n) is 16.5. The van der Waals surface area contributed by atoms with Gasteiger partial charge in [-0.3, -0.25) is 4.79 Å². The lowest BCUT2D eigenvalue weighted by atomic mass is 10.2. The molecule has 0 radical (unpaired) electrons. The van der Waals surface area contributed by atoms with E-state index in [4.69, 9.17) is 27.9 Å². The second-order valence-electron chi connectivity index (χ2n) is 7.91. The van der Waals surface area contributed by atoms with Crippen molar-refractivity contribution in [3.63, 3.8) is 0 Å². The van der Waals surface area contributed by atoms with Crippen LogP contribution < -0.4 is 10.2 Å². The molecule has 1 N–H and O–H groups in total. The minimum absolute atomic E-state index is 0.00350. The van der Waals surface area contributed by atoms with Crippen LogP contribution in [-0.2, 0) is 19.4 Å². The van der Waals surface area contributed by atoms with E-state index in [1.807, 2.05) is 0 Å². The molecule has 12 heteroatoms. The maximum atomic E-state index is 12.4. The molecular weight excluding hydrogens is 473 g/mol. The fraction of sp³-hybridized carbons (Fsp3) is 0.500. The molecule has 2 saturated heterocycles. The molecule has 0 saturated carbocycles. The van der Waals surface area contributed by atoms with Gasteiger partial charge in [-0.15, -0.1) is 0 Å². The number of carbonyl (C=O) groups excluding carboxylic acids is 2. The fourth-order valence-corrected chi connectivity index (χ4v) is 7.33. The van der Waals surface area contributed by atoms with Gasteiger partial charge >= 0.3 is 6.09 Å². The third-order valence-corrected chi connectivity index (χ3v) is 8.20. The summed E-state index contributed by atoms with van der Waals surface area (Å²) < 4.78 is 29.3. The summed E-state index contributed by atoms with van der Waals surface area (Å²) in [6.45, 7) is 4.80. The monoisotopic (exact) mass is 493 g/mol. The number of anilines is 1. The van der Waals surface area contributed by atoms with E-state index in [1.54, 1.807) is 43.9 Å². The molecule has 2 heterocycles. The van der Waals surface area contributed by atoms with Gasteiger partial charge < -0.3 is 15.0 Å². The predicted octanol–water partition coefficient (Wildman–Crippen LogP) is 3.12. The summed E-state index contributed by atoms with van der Waals surface area (Å²) in [6.07, 6.45) is -0.723. The van der Waals surface area contributed by atoms with Crippen molar-refractivity contribution in [3.8, 4) is 0 Å². The maximum Gasteiger partial charge on any atom is 0.408 e. The Morgan fingerprint density at radius 1 is 1.27 bits per heavy atom. The summed E-state index contributed by atoms with van der Waals surface area (Å²) in [5.74, 6) is -0.631. The number of benzene rings is 1. The largest absolute Gasteiger partial charge is 0.444 e. The minimum Gasteiger partial charge on any atom is -0.444 e. The van der Waals surface area contributed by atoms with Crippen molar-refractivity contribution in [1.29, 1.82) is 0 Å². The molecule has 1 aromatic rings. The molecule has 3 rings (SSSR count). The second kappa shape index (κ2) is 8.57. The Bertz CT molecular complexity index is 1010. The minimum atomic E-state index is -3.19. The molecule has 0 spiro atoms. The first-order valence-corrected chi connectivity index (χ1v) is 12.5. The van der Waals surface area contributed by atoms with Crippen molar-refractivity contribution in [2.24, 2.45) is 4.99 Å². The number of amides is 2. The van der Waals surface area contributed by atoms with E-state index in [2.05, 4.69) is 10.3 Å². The van der Waals surface area contributed by atoms with E-state index >= 15 is 0 Å². The van der Waals surface area contributed by atoms with Gasteiger partial charge in [-0.2, -0.15) is 4.99 Å². The predicted molar refractivity (Wildman–Crippen MR) is 119 cm³/mol. The lowest BCUT2D eigenvalue weighted by Gasteiger charge is -2.24. The highest BCUT2D eigenvalue weighted by molar-refractivity contribution is 8.16. The fourth-order valence-electron chi connectivity index (χ4n) is 3.11. The molecule has 2 unspecified atom stereocenters. The van der Waals surface area contributed by atoms with Crippen LogP contribution in [0.15, 0.2) is 23.2 Å². The van der Waals surface area contributed by atoms with Crippen LogP contribution in [-0.4, -0.2) is 60.5 Å². The molecule has 30 heavy (non-hydrogen) atoms. The second-order valence-corrected chi connectivity index (χ2v) is 12.1. The summed E-state index contributed by atoms with van der Waals surface area (Å²) in [4.78, 5) is 29.9. The van der Waals surface area contributed by atoms with Gasteiger partial charge in [0.15, 0.2) is 15.0 Å². The number of thioether (sulfide) groups is 1. The summed E-state index contributed by atoms with van der Waals surface area (Å²) in [6, 6.07) is 4.53. The van der Waals surface area contributed by atoms with Crippen molar-refractivity contribution < 1.29 is 22.7 Å². The quantitative estimate of drug-likeness (QED) is 0.689. The lowest BCUT2D eigenvalue weighted by molar-refractivity contribution is -0.117. The van der Waals surface area contributed by atoms with E-state index in [-0.39, 0.29) is 29.3 Å². The van der Waals surface area contributed by atoms with Gasteiger partial charge in [-0.05, 0) is 39.0 Å². The molecule has 2 aliphatic heterocycles. The van der Waals surface area contributed by atoms with Crippen LogP contribution in [0.1, 0.15) is 20.8 Å². The summed E-state index contributed by atoms with van der Waals surface area (Å²) in [7, 11) is -3.19. The Morgan fingerprint density at radius 3 is 2.60 bits per heavy atom. The molecule has 8 nitrogen and oxygen atoms in total. The Balaban J connectivity index is 1.80. The van der Waals surface area contributed by atoms with Crippen LogP contribution in [0.4, 0.5) is 10.5 Å². The molecule has 2 fully saturated rings. The highest BCUT2D eigenvalue weighted by Gasteiger charge is 2.49. The molecule has 1 aromatic carbocycles. The van der Waals surface area contributed by atoms with Crippen LogP contribution >= 0.6 is 35.0 Å². The number of amidine groups is 1. The van der Waals surface area contributed by atoms with E-state index < -0.39 is 27.4 Å². The zero-order valence-corrected chi connectivity index (χ0v) is 19.7. The van der Waals surface area contributed by atoms with Gasteiger partial charge in [0.2, 0.25) is 0 Å². The lowest BCUT2D eigenvalue weighted by Crippen LogP contribution is -2.38. The normalized spacial score (nSPS) is 24.0. The number of nitrogens with zero attached hydrogens (tertiary/aromatic N) is 2. The van der Waals surface area contributed by atoms with Crippen molar-refractivity contribution in [1.82, 2.24) is 5.32 Å². The van der Waals surface area contributed by atoms with Crippen LogP contribution in [0, 0.1) is 0 Å². The topological polar surface area (TPSA) is 105 Å². The number of nitrogens with one attached hydrogen (secondary N) is 1.